The topological polar surface area (TPSA) is 178 Å². The second-order valence-corrected chi connectivity index (χ2v) is 9.83. The van der Waals surface area contributed by atoms with Gasteiger partial charge in [0.25, 0.3) is 0 Å². The van der Waals surface area contributed by atoms with Crippen molar-refractivity contribution in [1.82, 2.24) is 15.8 Å². The van der Waals surface area contributed by atoms with Crippen molar-refractivity contribution >= 4 is 18.2 Å². The zero-order chi connectivity index (χ0) is 26.8. The van der Waals surface area contributed by atoms with Gasteiger partial charge < -0.3 is 30.6 Å². The summed E-state index contributed by atoms with van der Waals surface area (Å²) >= 11 is 0. The van der Waals surface area contributed by atoms with Gasteiger partial charge in [-0.05, 0) is 52.7 Å². The van der Waals surface area contributed by atoms with Crippen LogP contribution in [0.2, 0.25) is 0 Å². The van der Waals surface area contributed by atoms with Crippen LogP contribution in [0, 0.1) is 0 Å². The van der Waals surface area contributed by atoms with E-state index < -0.39 is 35.4 Å². The summed E-state index contributed by atoms with van der Waals surface area (Å²) in [6.07, 6.45) is 0.00252. The van der Waals surface area contributed by atoms with Crippen molar-refractivity contribution in [1.29, 1.82) is 0 Å². The third kappa shape index (κ3) is 13.7. The lowest BCUT2D eigenvalue weighted by Gasteiger charge is -2.22. The quantitative estimate of drug-likeness (QED) is 0.238. The number of nitrogens with zero attached hydrogens (tertiary/aromatic N) is 1. The van der Waals surface area contributed by atoms with Gasteiger partial charge in [0.05, 0.1) is 12.2 Å². The van der Waals surface area contributed by atoms with Gasteiger partial charge in [-0.25, -0.2) is 20.2 Å². The van der Waals surface area contributed by atoms with Crippen LogP contribution < -0.4 is 22.4 Å². The van der Waals surface area contributed by atoms with E-state index in [4.69, 9.17) is 25.9 Å². The molecule has 0 fully saturated rings. The van der Waals surface area contributed by atoms with Gasteiger partial charge in [-0.15, -0.1) is 0 Å². The number of hydrogen-bond donors (Lipinski definition) is 5. The van der Waals surface area contributed by atoms with E-state index in [2.05, 4.69) is 10.8 Å². The Morgan fingerprint density at radius 2 is 1.51 bits per heavy atom. The lowest BCUT2D eigenvalue weighted by molar-refractivity contribution is -0.139. The van der Waals surface area contributed by atoms with Crippen molar-refractivity contribution in [3.05, 3.63) is 47.3 Å². The molecule has 12 nitrogen and oxygen atoms in total. The molecular weight excluding hydrogens is 458 g/mol. The number of hydroxylamine groups is 1. The van der Waals surface area contributed by atoms with Crippen LogP contribution in [0.15, 0.2) is 36.2 Å². The van der Waals surface area contributed by atoms with Gasteiger partial charge in [0.1, 0.15) is 23.9 Å². The fourth-order valence-electron chi connectivity index (χ4n) is 2.65. The average Bonchev–Trinajstić information content (AvgIpc) is 2.65. The molecule has 1 unspecified atom stereocenters. The number of alkyl carbamates (subject to hydrolysis) is 1. The fraction of sp³-hybridized carbons (Fsp3) is 0.522. The molecule has 0 spiro atoms. The molecule has 12 heteroatoms. The van der Waals surface area contributed by atoms with Crippen molar-refractivity contribution in [2.75, 3.05) is 6.61 Å². The van der Waals surface area contributed by atoms with Crippen molar-refractivity contribution in [2.24, 2.45) is 11.6 Å². The Morgan fingerprint density at radius 3 is 2.03 bits per heavy atom. The first-order chi connectivity index (χ1) is 16.0. The van der Waals surface area contributed by atoms with Crippen molar-refractivity contribution in [3.8, 4) is 0 Å². The summed E-state index contributed by atoms with van der Waals surface area (Å²) in [6, 6.07) is 5.92. The highest BCUT2D eigenvalue weighted by Gasteiger charge is 2.24. The zero-order valence-electron chi connectivity index (χ0n) is 21.1. The van der Waals surface area contributed by atoms with Gasteiger partial charge in [0.15, 0.2) is 0 Å². The van der Waals surface area contributed by atoms with Gasteiger partial charge >= 0.3 is 18.2 Å². The van der Waals surface area contributed by atoms with Crippen molar-refractivity contribution in [3.63, 3.8) is 0 Å². The maximum absolute atomic E-state index is 11.9. The number of amides is 2. The highest BCUT2D eigenvalue weighted by atomic mass is 16.7. The SMILES string of the molecule is CC(C)(C)OC(=O)NOC/C(N)=C/N(N)Cc1ccc(CC(NC(=O)OC(C)(C)C)C(=O)O)cc1. The Bertz CT molecular complexity index is 889. The zero-order valence-corrected chi connectivity index (χ0v) is 21.1. The Kier molecular flexibility index (Phi) is 10.8. The normalized spacial score (nSPS) is 12.9. The van der Waals surface area contributed by atoms with Gasteiger partial charge in [-0.3, -0.25) is 4.84 Å². The lowest BCUT2D eigenvalue weighted by atomic mass is 10.0. The van der Waals surface area contributed by atoms with E-state index in [0.717, 1.165) is 5.56 Å². The third-order valence-corrected chi connectivity index (χ3v) is 3.94. The van der Waals surface area contributed by atoms with E-state index in [1.807, 2.05) is 0 Å². The highest BCUT2D eigenvalue weighted by Crippen LogP contribution is 2.11. The van der Waals surface area contributed by atoms with Crippen LogP contribution in [-0.2, 0) is 32.1 Å². The monoisotopic (exact) mass is 495 g/mol. The van der Waals surface area contributed by atoms with Crippen LogP contribution in [0.1, 0.15) is 52.7 Å². The minimum absolute atomic E-state index is 0.0794. The van der Waals surface area contributed by atoms with Crippen molar-refractivity contribution in [2.45, 2.75) is 71.8 Å². The number of nitrogens with two attached hydrogens (primary N) is 2. The van der Waals surface area contributed by atoms with Gasteiger partial charge in [-0.1, -0.05) is 24.3 Å². The van der Waals surface area contributed by atoms with Gasteiger partial charge in [-0.2, -0.15) is 5.48 Å². The summed E-state index contributed by atoms with van der Waals surface area (Å²) in [5.41, 5.74) is 8.39. The summed E-state index contributed by atoms with van der Waals surface area (Å²) in [6.45, 7) is 10.5. The van der Waals surface area contributed by atoms with Crippen LogP contribution in [0.4, 0.5) is 9.59 Å². The van der Waals surface area contributed by atoms with Crippen LogP contribution in [-0.4, -0.2) is 52.1 Å². The number of hydrogen-bond acceptors (Lipinski definition) is 9. The van der Waals surface area contributed by atoms with E-state index in [9.17, 15) is 19.5 Å². The Labute approximate surface area is 205 Å². The molecule has 0 heterocycles. The molecule has 1 rings (SSSR count). The molecule has 0 aliphatic rings. The second-order valence-electron chi connectivity index (χ2n) is 9.83. The number of hydrazine groups is 1. The first-order valence-electron chi connectivity index (χ1n) is 10.9. The Hall–Kier alpha value is -3.51. The predicted octanol–water partition coefficient (Wildman–Crippen LogP) is 2.14. The number of carbonyl (C=O) groups is 3. The molecule has 35 heavy (non-hydrogen) atoms. The van der Waals surface area contributed by atoms with E-state index in [1.165, 1.54) is 11.2 Å². The van der Waals surface area contributed by atoms with Gasteiger partial charge in [0.2, 0.25) is 0 Å². The van der Waals surface area contributed by atoms with E-state index in [0.29, 0.717) is 12.1 Å². The third-order valence-electron chi connectivity index (χ3n) is 3.94. The number of carbonyl (C=O) groups excluding carboxylic acids is 2. The first-order valence-corrected chi connectivity index (χ1v) is 10.9. The maximum atomic E-state index is 11.9. The molecule has 1 atom stereocenters. The molecule has 0 radical (unpaired) electrons. The number of aliphatic carboxylic acids is 1. The molecule has 0 saturated carbocycles. The number of benzene rings is 1. The molecule has 2 amide bonds. The molecule has 196 valence electrons. The van der Waals surface area contributed by atoms with E-state index in [-0.39, 0.29) is 18.7 Å². The Balaban J connectivity index is 2.57. The summed E-state index contributed by atoms with van der Waals surface area (Å²) in [7, 11) is 0. The molecular formula is C23H37N5O7. The second kappa shape index (κ2) is 12.8. The minimum atomic E-state index is -1.17. The number of rotatable bonds is 10. The summed E-state index contributed by atoms with van der Waals surface area (Å²) in [5, 5.41) is 13.1. The summed E-state index contributed by atoms with van der Waals surface area (Å²) < 4.78 is 10.2. The largest absolute Gasteiger partial charge is 0.480 e. The number of carboxylic acids is 1. The number of ether oxygens (including phenoxy) is 2. The van der Waals surface area contributed by atoms with E-state index >= 15 is 0 Å². The summed E-state index contributed by atoms with van der Waals surface area (Å²) in [5.74, 6) is 4.79. The van der Waals surface area contributed by atoms with Crippen LogP contribution in [0.3, 0.4) is 0 Å². The molecule has 7 N–H and O–H groups in total. The van der Waals surface area contributed by atoms with Crippen LogP contribution in [0.5, 0.6) is 0 Å². The number of nitrogens with one attached hydrogen (secondary N) is 2. The first kappa shape index (κ1) is 29.5. The summed E-state index contributed by atoms with van der Waals surface area (Å²) in [4.78, 5) is 40.0. The van der Waals surface area contributed by atoms with Crippen LogP contribution in [0.25, 0.3) is 0 Å². The standard InChI is InChI=1S/C23H37N5O7/c1-22(2,3)34-20(31)26-18(19(29)30)11-15-7-9-16(10-8-15)12-28(25)13-17(24)14-33-27-21(32)35-23(4,5)6/h7-10,13,18H,11-12,14,24-25H2,1-6H3,(H,26,31)(H,27,32)(H,29,30)/b17-13-. The minimum Gasteiger partial charge on any atom is -0.480 e. The van der Waals surface area contributed by atoms with Crippen LogP contribution >= 0.6 is 0 Å². The van der Waals surface area contributed by atoms with E-state index in [1.54, 1.807) is 65.8 Å². The average molecular weight is 496 g/mol. The highest BCUT2D eigenvalue weighted by molar-refractivity contribution is 5.80. The molecule has 0 aliphatic heterocycles. The lowest BCUT2D eigenvalue weighted by Crippen LogP contribution is -2.44. The smallest absolute Gasteiger partial charge is 0.431 e. The molecule has 1 aromatic rings. The molecule has 0 aliphatic carbocycles. The molecule has 0 aromatic heterocycles. The molecule has 0 saturated heterocycles. The molecule has 1 aromatic carbocycles. The van der Waals surface area contributed by atoms with Gasteiger partial charge in [0, 0.05) is 12.6 Å². The maximum Gasteiger partial charge on any atom is 0.431 e. The fourth-order valence-corrected chi connectivity index (χ4v) is 2.65. The van der Waals surface area contributed by atoms with Crippen molar-refractivity contribution < 1.29 is 33.8 Å². The Morgan fingerprint density at radius 1 is 1.00 bits per heavy atom. The molecule has 0 bridgehead atoms. The predicted molar refractivity (Wildman–Crippen MR) is 128 cm³/mol. The number of carboxylic acid groups (broad SMARTS) is 1.